The van der Waals surface area contributed by atoms with E-state index in [4.69, 9.17) is 0 Å². The molecule has 0 radical (unpaired) electrons. The Labute approximate surface area is 124 Å². The van der Waals surface area contributed by atoms with Crippen molar-refractivity contribution in [3.05, 3.63) is 42.0 Å². The Bertz CT molecular complexity index is 508. The van der Waals surface area contributed by atoms with Crippen LogP contribution in [0.3, 0.4) is 0 Å². The first-order valence-corrected chi connectivity index (χ1v) is 6.91. The number of carbonyl (C=O) groups is 3. The van der Waals surface area contributed by atoms with Gasteiger partial charge in [-0.2, -0.15) is 0 Å². The van der Waals surface area contributed by atoms with Gasteiger partial charge in [0.1, 0.15) is 6.29 Å². The van der Waals surface area contributed by atoms with Crippen molar-refractivity contribution in [3.8, 4) is 0 Å². The van der Waals surface area contributed by atoms with Gasteiger partial charge in [-0.1, -0.05) is 30.3 Å². The molecule has 112 valence electrons. The molecule has 0 N–H and O–H groups in total. The van der Waals surface area contributed by atoms with E-state index in [1.807, 2.05) is 44.2 Å². The van der Waals surface area contributed by atoms with Gasteiger partial charge in [-0.25, -0.2) is 4.79 Å². The maximum atomic E-state index is 12.2. The van der Waals surface area contributed by atoms with Crippen LogP contribution < -0.4 is 0 Å². The quantitative estimate of drug-likeness (QED) is 0.595. The van der Waals surface area contributed by atoms with Crippen molar-refractivity contribution in [3.63, 3.8) is 0 Å². The lowest BCUT2D eigenvalue weighted by molar-refractivity contribution is -0.126. The van der Waals surface area contributed by atoms with E-state index < -0.39 is 11.9 Å². The highest BCUT2D eigenvalue weighted by atomic mass is 16.2. The Morgan fingerprint density at radius 1 is 1.10 bits per heavy atom. The van der Waals surface area contributed by atoms with Gasteiger partial charge in [0.05, 0.1) is 6.54 Å². The highest BCUT2D eigenvalue weighted by Crippen LogP contribution is 2.04. The number of urea groups is 1. The van der Waals surface area contributed by atoms with Gasteiger partial charge in [0.25, 0.3) is 5.91 Å². The topological polar surface area (TPSA) is 57.7 Å². The summed E-state index contributed by atoms with van der Waals surface area (Å²) in [6.07, 6.45) is 3.48. The second kappa shape index (κ2) is 8.68. The first kappa shape index (κ1) is 16.6. The van der Waals surface area contributed by atoms with Crippen molar-refractivity contribution in [2.45, 2.75) is 13.8 Å². The molecule has 5 heteroatoms. The van der Waals surface area contributed by atoms with Crippen molar-refractivity contribution in [1.29, 1.82) is 0 Å². The summed E-state index contributed by atoms with van der Waals surface area (Å²) in [5.74, 6) is -0.497. The molecule has 1 aromatic carbocycles. The van der Waals surface area contributed by atoms with Gasteiger partial charge in [0, 0.05) is 19.2 Å². The fraction of sp³-hybridized carbons (Fsp3) is 0.312. The fourth-order valence-corrected chi connectivity index (χ4v) is 1.82. The predicted molar refractivity (Wildman–Crippen MR) is 81.6 cm³/mol. The highest BCUT2D eigenvalue weighted by molar-refractivity contribution is 6.03. The molecule has 5 nitrogen and oxygen atoms in total. The second-order valence-corrected chi connectivity index (χ2v) is 4.31. The third kappa shape index (κ3) is 4.87. The van der Waals surface area contributed by atoms with Crippen molar-refractivity contribution >= 4 is 24.3 Å². The molecule has 0 atom stereocenters. The van der Waals surface area contributed by atoms with E-state index in [1.165, 1.54) is 11.0 Å². The predicted octanol–water partition coefficient (Wildman–Crippen LogP) is 2.19. The average Bonchev–Trinajstić information content (AvgIpc) is 2.52. The number of amides is 3. The Morgan fingerprint density at radius 3 is 2.24 bits per heavy atom. The first-order valence-electron chi connectivity index (χ1n) is 6.91. The van der Waals surface area contributed by atoms with Crippen LogP contribution in [0.2, 0.25) is 0 Å². The molecule has 0 aliphatic rings. The molecule has 0 unspecified atom stereocenters. The Hall–Kier alpha value is -2.43. The van der Waals surface area contributed by atoms with E-state index in [2.05, 4.69) is 0 Å². The molecule has 0 fully saturated rings. The van der Waals surface area contributed by atoms with E-state index in [0.29, 0.717) is 19.4 Å². The van der Waals surface area contributed by atoms with Crippen molar-refractivity contribution in [2.75, 3.05) is 19.6 Å². The van der Waals surface area contributed by atoms with Crippen LogP contribution in [0.4, 0.5) is 4.79 Å². The molecule has 0 aliphatic heterocycles. The molecule has 1 rings (SSSR count). The lowest BCUT2D eigenvalue weighted by atomic mass is 10.2. The third-order valence-corrected chi connectivity index (χ3v) is 3.01. The molecule has 3 amide bonds. The van der Waals surface area contributed by atoms with Crippen molar-refractivity contribution in [2.24, 2.45) is 0 Å². The largest absolute Gasteiger partial charge is 0.327 e. The fourth-order valence-electron chi connectivity index (χ4n) is 1.82. The van der Waals surface area contributed by atoms with Crippen LogP contribution in [-0.4, -0.2) is 47.7 Å². The Morgan fingerprint density at radius 2 is 1.71 bits per heavy atom. The van der Waals surface area contributed by atoms with Gasteiger partial charge >= 0.3 is 6.03 Å². The summed E-state index contributed by atoms with van der Waals surface area (Å²) in [6.45, 7) is 4.38. The molecule has 1 aromatic rings. The number of hydrogen-bond donors (Lipinski definition) is 0. The molecular weight excluding hydrogens is 268 g/mol. The molecule has 0 spiro atoms. The number of benzene rings is 1. The van der Waals surface area contributed by atoms with Crippen LogP contribution in [0.25, 0.3) is 6.08 Å². The smallest absolute Gasteiger partial charge is 0.325 e. The SMILES string of the molecule is CCN(CC)C(=O)N(CC=O)C(=O)/C=C/c1ccccc1. The zero-order valence-corrected chi connectivity index (χ0v) is 12.4. The van der Waals surface area contributed by atoms with E-state index in [1.54, 1.807) is 6.08 Å². The van der Waals surface area contributed by atoms with Crippen LogP contribution in [0.5, 0.6) is 0 Å². The van der Waals surface area contributed by atoms with E-state index in [9.17, 15) is 14.4 Å². The number of imide groups is 1. The van der Waals surface area contributed by atoms with E-state index in [-0.39, 0.29) is 6.54 Å². The summed E-state index contributed by atoms with van der Waals surface area (Å²) in [7, 11) is 0. The van der Waals surface area contributed by atoms with E-state index >= 15 is 0 Å². The zero-order valence-electron chi connectivity index (χ0n) is 12.4. The van der Waals surface area contributed by atoms with Crippen LogP contribution in [-0.2, 0) is 9.59 Å². The van der Waals surface area contributed by atoms with Crippen molar-refractivity contribution in [1.82, 2.24) is 9.80 Å². The zero-order chi connectivity index (χ0) is 15.7. The van der Waals surface area contributed by atoms with Crippen LogP contribution in [0.15, 0.2) is 36.4 Å². The van der Waals surface area contributed by atoms with Gasteiger partial charge in [-0.15, -0.1) is 0 Å². The molecule has 0 saturated heterocycles. The molecule has 0 saturated carbocycles. The lowest BCUT2D eigenvalue weighted by Gasteiger charge is -2.25. The number of aldehydes is 1. The third-order valence-electron chi connectivity index (χ3n) is 3.01. The van der Waals surface area contributed by atoms with Crippen LogP contribution >= 0.6 is 0 Å². The van der Waals surface area contributed by atoms with Crippen LogP contribution in [0, 0.1) is 0 Å². The molecular formula is C16H20N2O3. The summed E-state index contributed by atoms with van der Waals surface area (Å²) in [5.41, 5.74) is 0.854. The minimum atomic E-state index is -0.497. The lowest BCUT2D eigenvalue weighted by Crippen LogP contribution is -2.46. The summed E-state index contributed by atoms with van der Waals surface area (Å²) >= 11 is 0. The molecule has 0 heterocycles. The van der Waals surface area contributed by atoms with Gasteiger partial charge in [0.15, 0.2) is 0 Å². The summed E-state index contributed by atoms with van der Waals surface area (Å²) in [4.78, 5) is 37.5. The van der Waals surface area contributed by atoms with Gasteiger partial charge < -0.3 is 9.69 Å². The van der Waals surface area contributed by atoms with Gasteiger partial charge in [-0.3, -0.25) is 9.69 Å². The number of nitrogens with zero attached hydrogens (tertiary/aromatic N) is 2. The standard InChI is InChI=1S/C16H20N2O3/c1-3-17(4-2)16(21)18(12-13-19)15(20)11-10-14-8-6-5-7-9-14/h5-11,13H,3-4,12H2,1-2H3/b11-10+. The monoisotopic (exact) mass is 288 g/mol. The first-order chi connectivity index (χ1) is 10.1. The number of rotatable bonds is 6. The average molecular weight is 288 g/mol. The number of carbonyl (C=O) groups excluding carboxylic acids is 3. The molecule has 0 bridgehead atoms. The summed E-state index contributed by atoms with van der Waals surface area (Å²) < 4.78 is 0. The summed E-state index contributed by atoms with van der Waals surface area (Å²) in [5, 5.41) is 0. The minimum absolute atomic E-state index is 0.243. The highest BCUT2D eigenvalue weighted by Gasteiger charge is 2.22. The van der Waals surface area contributed by atoms with Crippen molar-refractivity contribution < 1.29 is 14.4 Å². The summed E-state index contributed by atoms with van der Waals surface area (Å²) in [6, 6.07) is 8.83. The number of hydrogen-bond acceptors (Lipinski definition) is 3. The maximum Gasteiger partial charge on any atom is 0.327 e. The molecule has 0 aliphatic carbocycles. The molecule has 0 aromatic heterocycles. The van der Waals surface area contributed by atoms with E-state index in [0.717, 1.165) is 10.5 Å². The van der Waals surface area contributed by atoms with Crippen LogP contribution in [0.1, 0.15) is 19.4 Å². The van der Waals surface area contributed by atoms with Gasteiger partial charge in [-0.05, 0) is 25.5 Å². The molecule has 21 heavy (non-hydrogen) atoms. The Balaban J connectivity index is 2.85. The normalized spacial score (nSPS) is 10.4. The second-order valence-electron chi connectivity index (χ2n) is 4.31. The maximum absolute atomic E-state index is 12.2. The Kier molecular flexibility index (Phi) is 6.87. The minimum Gasteiger partial charge on any atom is -0.325 e. The van der Waals surface area contributed by atoms with Gasteiger partial charge in [0.2, 0.25) is 0 Å².